The fourth-order valence-corrected chi connectivity index (χ4v) is 1.87. The zero-order valence-electron chi connectivity index (χ0n) is 12.4. The lowest BCUT2D eigenvalue weighted by Crippen LogP contribution is -2.38. The Balaban J connectivity index is 2.99. The van der Waals surface area contributed by atoms with Crippen LogP contribution in [-0.4, -0.2) is 24.1 Å². The minimum atomic E-state index is -1.42. The highest BCUT2D eigenvalue weighted by molar-refractivity contribution is 6.08. The van der Waals surface area contributed by atoms with E-state index in [2.05, 4.69) is 0 Å². The molecule has 20 heavy (non-hydrogen) atoms. The SMILES string of the molecule is CCOC(=O)[C@](C)(CC(=O)c1cccc(C)c1)C(C)=O. The zero-order valence-corrected chi connectivity index (χ0v) is 12.4. The van der Waals surface area contributed by atoms with Gasteiger partial charge in [0, 0.05) is 12.0 Å². The molecule has 0 aliphatic rings. The number of rotatable bonds is 6. The molecule has 0 bridgehead atoms. The van der Waals surface area contributed by atoms with E-state index in [0.717, 1.165) is 5.56 Å². The summed E-state index contributed by atoms with van der Waals surface area (Å²) in [6, 6.07) is 7.08. The van der Waals surface area contributed by atoms with Crippen molar-refractivity contribution in [3.8, 4) is 0 Å². The van der Waals surface area contributed by atoms with Crippen molar-refractivity contribution in [3.05, 3.63) is 35.4 Å². The summed E-state index contributed by atoms with van der Waals surface area (Å²) >= 11 is 0. The van der Waals surface area contributed by atoms with Crippen molar-refractivity contribution in [2.75, 3.05) is 6.61 Å². The third-order valence-electron chi connectivity index (χ3n) is 3.36. The average Bonchev–Trinajstić information content (AvgIpc) is 2.38. The summed E-state index contributed by atoms with van der Waals surface area (Å²) in [7, 11) is 0. The van der Waals surface area contributed by atoms with Crippen molar-refractivity contribution in [2.24, 2.45) is 5.41 Å². The number of Topliss-reactive ketones (excluding diaryl/α,β-unsaturated/α-hetero) is 2. The van der Waals surface area contributed by atoms with E-state index in [1.54, 1.807) is 25.1 Å². The molecule has 0 saturated carbocycles. The second kappa shape index (κ2) is 6.46. The minimum absolute atomic E-state index is 0.176. The molecule has 0 radical (unpaired) electrons. The quantitative estimate of drug-likeness (QED) is 0.455. The molecule has 4 heteroatoms. The summed E-state index contributed by atoms with van der Waals surface area (Å²) in [6.07, 6.45) is -0.176. The maximum absolute atomic E-state index is 12.3. The lowest BCUT2D eigenvalue weighted by atomic mass is 9.80. The molecule has 0 N–H and O–H groups in total. The van der Waals surface area contributed by atoms with Gasteiger partial charge >= 0.3 is 5.97 Å². The molecule has 0 saturated heterocycles. The molecule has 0 fully saturated rings. The number of esters is 1. The topological polar surface area (TPSA) is 60.4 Å². The van der Waals surface area contributed by atoms with Crippen LogP contribution in [0.5, 0.6) is 0 Å². The number of carbonyl (C=O) groups is 3. The highest BCUT2D eigenvalue weighted by Crippen LogP contribution is 2.27. The van der Waals surface area contributed by atoms with E-state index in [1.807, 2.05) is 13.0 Å². The van der Waals surface area contributed by atoms with E-state index in [4.69, 9.17) is 4.74 Å². The summed E-state index contributed by atoms with van der Waals surface area (Å²) in [4.78, 5) is 36.0. The molecule has 0 spiro atoms. The van der Waals surface area contributed by atoms with E-state index < -0.39 is 11.4 Å². The van der Waals surface area contributed by atoms with Gasteiger partial charge in [0.25, 0.3) is 0 Å². The lowest BCUT2D eigenvalue weighted by Gasteiger charge is -2.23. The van der Waals surface area contributed by atoms with Gasteiger partial charge in [0.1, 0.15) is 11.2 Å². The summed E-state index contributed by atoms with van der Waals surface area (Å²) in [6.45, 7) is 6.49. The zero-order chi connectivity index (χ0) is 15.3. The van der Waals surface area contributed by atoms with Crippen LogP contribution in [0.25, 0.3) is 0 Å². The van der Waals surface area contributed by atoms with Gasteiger partial charge in [-0.2, -0.15) is 0 Å². The fourth-order valence-electron chi connectivity index (χ4n) is 1.87. The molecule has 0 aromatic heterocycles. The Kier molecular flexibility index (Phi) is 5.19. The van der Waals surface area contributed by atoms with Gasteiger partial charge in [-0.05, 0) is 33.8 Å². The van der Waals surface area contributed by atoms with Gasteiger partial charge in [-0.1, -0.05) is 23.8 Å². The first-order valence-corrected chi connectivity index (χ1v) is 6.59. The Morgan fingerprint density at radius 3 is 2.40 bits per heavy atom. The number of hydrogen-bond acceptors (Lipinski definition) is 4. The molecule has 108 valence electrons. The highest BCUT2D eigenvalue weighted by atomic mass is 16.5. The second-order valence-corrected chi connectivity index (χ2v) is 5.08. The third kappa shape index (κ3) is 3.53. The van der Waals surface area contributed by atoms with Crippen LogP contribution in [0.3, 0.4) is 0 Å². The predicted octanol–water partition coefficient (Wildman–Crippen LogP) is 2.73. The third-order valence-corrected chi connectivity index (χ3v) is 3.36. The van der Waals surface area contributed by atoms with Crippen LogP contribution in [-0.2, 0) is 14.3 Å². The van der Waals surface area contributed by atoms with E-state index in [0.29, 0.717) is 5.56 Å². The Morgan fingerprint density at radius 2 is 1.90 bits per heavy atom. The molecule has 0 unspecified atom stereocenters. The molecule has 0 aliphatic carbocycles. The second-order valence-electron chi connectivity index (χ2n) is 5.08. The Morgan fingerprint density at radius 1 is 1.25 bits per heavy atom. The van der Waals surface area contributed by atoms with Gasteiger partial charge in [0.05, 0.1) is 6.61 Å². The Bertz CT molecular complexity index is 533. The number of carbonyl (C=O) groups excluding carboxylic acids is 3. The predicted molar refractivity (Wildman–Crippen MR) is 75.5 cm³/mol. The molecule has 4 nitrogen and oxygen atoms in total. The maximum atomic E-state index is 12.3. The molecular formula is C16H20O4. The van der Waals surface area contributed by atoms with Crippen LogP contribution in [0.2, 0.25) is 0 Å². The van der Waals surface area contributed by atoms with Gasteiger partial charge in [-0.3, -0.25) is 14.4 Å². The van der Waals surface area contributed by atoms with Crippen molar-refractivity contribution in [1.82, 2.24) is 0 Å². The highest BCUT2D eigenvalue weighted by Gasteiger charge is 2.41. The van der Waals surface area contributed by atoms with E-state index in [9.17, 15) is 14.4 Å². The molecule has 1 aromatic rings. The lowest BCUT2D eigenvalue weighted by molar-refractivity contribution is -0.158. The van der Waals surface area contributed by atoms with Crippen molar-refractivity contribution >= 4 is 17.5 Å². The number of ketones is 2. The van der Waals surface area contributed by atoms with Crippen LogP contribution in [0.4, 0.5) is 0 Å². The number of aryl methyl sites for hydroxylation is 1. The van der Waals surface area contributed by atoms with Gasteiger partial charge in [0.15, 0.2) is 5.78 Å². The Hall–Kier alpha value is -1.97. The molecule has 1 atom stereocenters. The van der Waals surface area contributed by atoms with E-state index >= 15 is 0 Å². The molecule has 0 heterocycles. The van der Waals surface area contributed by atoms with Crippen LogP contribution < -0.4 is 0 Å². The number of benzene rings is 1. The average molecular weight is 276 g/mol. The van der Waals surface area contributed by atoms with Gasteiger partial charge < -0.3 is 4.74 Å². The van der Waals surface area contributed by atoms with Gasteiger partial charge in [0.2, 0.25) is 0 Å². The van der Waals surface area contributed by atoms with Crippen LogP contribution in [0, 0.1) is 12.3 Å². The summed E-state index contributed by atoms with van der Waals surface area (Å²) in [5, 5.41) is 0. The molecule has 1 aromatic carbocycles. The smallest absolute Gasteiger partial charge is 0.319 e. The van der Waals surface area contributed by atoms with E-state index in [-0.39, 0.29) is 24.6 Å². The number of ether oxygens (including phenoxy) is 1. The molecule has 1 rings (SSSR count). The van der Waals surface area contributed by atoms with Crippen LogP contribution in [0.15, 0.2) is 24.3 Å². The monoisotopic (exact) mass is 276 g/mol. The summed E-state index contributed by atoms with van der Waals surface area (Å²) in [5.74, 6) is -1.25. The molecule has 0 amide bonds. The van der Waals surface area contributed by atoms with Crippen LogP contribution in [0.1, 0.15) is 43.1 Å². The summed E-state index contributed by atoms with van der Waals surface area (Å²) in [5.41, 5.74) is 0.0369. The number of hydrogen-bond donors (Lipinski definition) is 0. The van der Waals surface area contributed by atoms with Crippen molar-refractivity contribution in [2.45, 2.75) is 34.1 Å². The van der Waals surface area contributed by atoms with Crippen molar-refractivity contribution in [3.63, 3.8) is 0 Å². The van der Waals surface area contributed by atoms with Crippen molar-refractivity contribution in [1.29, 1.82) is 0 Å². The first kappa shape index (κ1) is 16.1. The normalized spacial score (nSPS) is 13.4. The van der Waals surface area contributed by atoms with E-state index in [1.165, 1.54) is 13.8 Å². The fraction of sp³-hybridized carbons (Fsp3) is 0.438. The van der Waals surface area contributed by atoms with Crippen molar-refractivity contribution < 1.29 is 19.1 Å². The molecular weight excluding hydrogens is 256 g/mol. The van der Waals surface area contributed by atoms with Crippen LogP contribution >= 0.6 is 0 Å². The summed E-state index contributed by atoms with van der Waals surface area (Å²) < 4.78 is 4.92. The molecule has 0 aliphatic heterocycles. The standard InChI is InChI=1S/C16H20O4/c1-5-20-15(19)16(4,12(3)17)10-14(18)13-8-6-7-11(2)9-13/h6-9H,5,10H2,1-4H3/t16-/m1/s1. The Labute approximate surface area is 119 Å². The largest absolute Gasteiger partial charge is 0.465 e. The van der Waals surface area contributed by atoms with Gasteiger partial charge in [-0.15, -0.1) is 0 Å². The first-order chi connectivity index (χ1) is 9.31. The maximum Gasteiger partial charge on any atom is 0.319 e. The van der Waals surface area contributed by atoms with Gasteiger partial charge in [-0.25, -0.2) is 0 Å². The minimum Gasteiger partial charge on any atom is -0.465 e. The first-order valence-electron chi connectivity index (χ1n) is 6.59.